The van der Waals surface area contributed by atoms with E-state index in [0.29, 0.717) is 6.04 Å². The summed E-state index contributed by atoms with van der Waals surface area (Å²) < 4.78 is 5.25. The lowest BCUT2D eigenvalue weighted by molar-refractivity contribution is -0.838. The summed E-state index contributed by atoms with van der Waals surface area (Å²) in [6.07, 6.45) is 0.827. The minimum Gasteiger partial charge on any atom is -0.378 e. The Morgan fingerprint density at radius 3 is 2.57 bits per heavy atom. The van der Waals surface area contributed by atoms with Gasteiger partial charge in [-0.3, -0.25) is 15.0 Å². The molecular formula is C15H22N3O3+. The lowest BCUT2D eigenvalue weighted by Crippen LogP contribution is -3.10. The lowest BCUT2D eigenvalue weighted by atomic mass is 10.1. The third-order valence-corrected chi connectivity index (χ3v) is 4.54. The van der Waals surface area contributed by atoms with Gasteiger partial charge < -0.3 is 9.64 Å². The van der Waals surface area contributed by atoms with Crippen LogP contribution in [-0.2, 0) is 11.2 Å². The number of rotatable bonds is 4. The first kappa shape index (κ1) is 14.4. The zero-order valence-corrected chi connectivity index (χ0v) is 12.4. The van der Waals surface area contributed by atoms with Gasteiger partial charge in [0, 0.05) is 25.2 Å². The highest BCUT2D eigenvalue weighted by Crippen LogP contribution is 2.19. The molecule has 2 aliphatic rings. The van der Waals surface area contributed by atoms with Crippen LogP contribution < -0.4 is 4.90 Å². The van der Waals surface area contributed by atoms with Crippen LogP contribution in [-0.4, -0.2) is 55.3 Å². The molecule has 2 aliphatic heterocycles. The molecule has 0 atom stereocenters. The van der Waals surface area contributed by atoms with Gasteiger partial charge in [0.15, 0.2) is 0 Å². The standard InChI is InChI=1S/C15H21N3O3/c1-2-12-7-13(9-14(8-12)18(19)20)16-3-5-17(6-4-16)15-10-21-11-15/h7-9,15H,2-6,10-11H2,1H3/p+1. The fourth-order valence-electron chi connectivity index (χ4n) is 3.07. The fourth-order valence-corrected chi connectivity index (χ4v) is 3.07. The molecule has 3 rings (SSSR count). The molecule has 0 radical (unpaired) electrons. The summed E-state index contributed by atoms with van der Waals surface area (Å²) in [5.41, 5.74) is 2.32. The second-order valence-corrected chi connectivity index (χ2v) is 5.83. The number of aryl methyl sites for hydroxylation is 1. The van der Waals surface area contributed by atoms with Gasteiger partial charge in [0.25, 0.3) is 5.69 Å². The van der Waals surface area contributed by atoms with E-state index in [1.165, 1.54) is 4.90 Å². The number of nitro groups is 1. The predicted octanol–water partition coefficient (Wildman–Crippen LogP) is 0.388. The van der Waals surface area contributed by atoms with Gasteiger partial charge in [-0.25, -0.2) is 0 Å². The number of ether oxygens (including phenoxy) is 1. The highest BCUT2D eigenvalue weighted by molar-refractivity contribution is 5.46. The minimum atomic E-state index is -0.288. The zero-order valence-electron chi connectivity index (χ0n) is 12.4. The van der Waals surface area contributed by atoms with Gasteiger partial charge in [0.2, 0.25) is 0 Å². The summed E-state index contributed by atoms with van der Waals surface area (Å²) in [7, 11) is 0. The molecule has 1 aromatic carbocycles. The molecule has 0 saturated carbocycles. The van der Waals surface area contributed by atoms with E-state index in [0.717, 1.165) is 57.1 Å². The number of benzene rings is 1. The van der Waals surface area contributed by atoms with Crippen LogP contribution in [0.15, 0.2) is 18.2 Å². The average Bonchev–Trinajstić information content (AvgIpc) is 2.45. The van der Waals surface area contributed by atoms with E-state index in [4.69, 9.17) is 4.74 Å². The molecule has 6 heteroatoms. The molecule has 0 bridgehead atoms. The molecule has 2 heterocycles. The molecule has 21 heavy (non-hydrogen) atoms. The van der Waals surface area contributed by atoms with Crippen LogP contribution in [0.1, 0.15) is 12.5 Å². The molecule has 6 nitrogen and oxygen atoms in total. The fraction of sp³-hybridized carbons (Fsp3) is 0.600. The highest BCUT2D eigenvalue weighted by Gasteiger charge is 2.31. The Hall–Kier alpha value is -1.50. The summed E-state index contributed by atoms with van der Waals surface area (Å²) >= 11 is 0. The summed E-state index contributed by atoms with van der Waals surface area (Å²) in [5.74, 6) is 0. The van der Waals surface area contributed by atoms with Crippen molar-refractivity contribution in [2.24, 2.45) is 0 Å². The second-order valence-electron chi connectivity index (χ2n) is 5.83. The summed E-state index contributed by atoms with van der Waals surface area (Å²) in [4.78, 5) is 14.6. The number of hydrogen-bond acceptors (Lipinski definition) is 4. The van der Waals surface area contributed by atoms with E-state index in [2.05, 4.69) is 11.0 Å². The van der Waals surface area contributed by atoms with Gasteiger partial charge in [-0.05, 0) is 12.0 Å². The number of nitro benzene ring substituents is 1. The monoisotopic (exact) mass is 292 g/mol. The molecule has 1 N–H and O–H groups in total. The van der Waals surface area contributed by atoms with Crippen molar-refractivity contribution in [1.82, 2.24) is 4.90 Å². The van der Waals surface area contributed by atoms with E-state index in [-0.39, 0.29) is 10.6 Å². The van der Waals surface area contributed by atoms with Crippen molar-refractivity contribution in [1.29, 1.82) is 0 Å². The second kappa shape index (κ2) is 6.09. The Labute approximate surface area is 124 Å². The van der Waals surface area contributed by atoms with Crippen molar-refractivity contribution in [2.45, 2.75) is 19.4 Å². The van der Waals surface area contributed by atoms with Gasteiger partial charge in [-0.15, -0.1) is 0 Å². The molecule has 0 spiro atoms. The Morgan fingerprint density at radius 2 is 2.05 bits per heavy atom. The van der Waals surface area contributed by atoms with Crippen molar-refractivity contribution in [2.75, 3.05) is 39.4 Å². The van der Waals surface area contributed by atoms with Crippen LogP contribution >= 0.6 is 0 Å². The van der Waals surface area contributed by atoms with E-state index in [9.17, 15) is 10.1 Å². The average molecular weight is 292 g/mol. The van der Waals surface area contributed by atoms with Crippen LogP contribution in [0.4, 0.5) is 11.4 Å². The summed E-state index contributed by atoms with van der Waals surface area (Å²) in [6, 6.07) is 6.12. The van der Waals surface area contributed by atoms with Crippen molar-refractivity contribution in [3.63, 3.8) is 0 Å². The van der Waals surface area contributed by atoms with Crippen molar-refractivity contribution < 1.29 is 14.6 Å². The molecule has 0 unspecified atom stereocenters. The third kappa shape index (κ3) is 3.07. The number of hydrogen-bond donors (Lipinski definition) is 1. The van der Waals surface area contributed by atoms with Gasteiger partial charge in [0.1, 0.15) is 5.69 Å². The number of piperazine rings is 1. The van der Waals surface area contributed by atoms with Crippen LogP contribution in [0.5, 0.6) is 0 Å². The summed E-state index contributed by atoms with van der Waals surface area (Å²) in [6.45, 7) is 7.81. The van der Waals surface area contributed by atoms with Crippen LogP contribution in [0.3, 0.4) is 0 Å². The number of nitrogens with one attached hydrogen (secondary N) is 1. The quantitative estimate of drug-likeness (QED) is 0.644. The lowest BCUT2D eigenvalue weighted by Gasteiger charge is -2.40. The molecule has 2 saturated heterocycles. The van der Waals surface area contributed by atoms with E-state index in [1.807, 2.05) is 6.92 Å². The van der Waals surface area contributed by atoms with Gasteiger partial charge in [-0.2, -0.15) is 0 Å². The highest BCUT2D eigenvalue weighted by atomic mass is 16.6. The Morgan fingerprint density at radius 1 is 1.33 bits per heavy atom. The Kier molecular flexibility index (Phi) is 4.19. The molecule has 114 valence electrons. The topological polar surface area (TPSA) is 60.0 Å². The van der Waals surface area contributed by atoms with E-state index >= 15 is 0 Å². The summed E-state index contributed by atoms with van der Waals surface area (Å²) in [5, 5.41) is 11.1. The molecular weight excluding hydrogens is 270 g/mol. The maximum Gasteiger partial charge on any atom is 0.275 e. The van der Waals surface area contributed by atoms with Crippen molar-refractivity contribution >= 4 is 11.4 Å². The van der Waals surface area contributed by atoms with Gasteiger partial charge >= 0.3 is 0 Å². The smallest absolute Gasteiger partial charge is 0.275 e. The largest absolute Gasteiger partial charge is 0.378 e. The third-order valence-electron chi connectivity index (χ3n) is 4.54. The SMILES string of the molecule is CCc1cc([N+](=O)[O-])cc([NH+]2CCN(C3COC3)CC2)c1. The Bertz CT molecular complexity index is 523. The molecule has 2 fully saturated rings. The van der Waals surface area contributed by atoms with Gasteiger partial charge in [0.05, 0.1) is 43.3 Å². The normalized spacial score (nSPS) is 21.2. The van der Waals surface area contributed by atoms with E-state index < -0.39 is 0 Å². The number of quaternary nitrogens is 1. The zero-order chi connectivity index (χ0) is 14.8. The Balaban J connectivity index is 1.71. The molecule has 0 aromatic heterocycles. The van der Waals surface area contributed by atoms with Crippen molar-refractivity contribution in [3.8, 4) is 0 Å². The first-order valence-electron chi connectivity index (χ1n) is 7.62. The maximum absolute atomic E-state index is 11.1. The van der Waals surface area contributed by atoms with Crippen LogP contribution in [0.25, 0.3) is 0 Å². The minimum absolute atomic E-state index is 0.215. The molecule has 1 aromatic rings. The molecule has 0 amide bonds. The van der Waals surface area contributed by atoms with Gasteiger partial charge in [-0.1, -0.05) is 6.92 Å². The predicted molar refractivity (Wildman–Crippen MR) is 79.0 cm³/mol. The first-order valence-corrected chi connectivity index (χ1v) is 7.62. The van der Waals surface area contributed by atoms with Crippen LogP contribution in [0, 0.1) is 10.1 Å². The maximum atomic E-state index is 11.1. The van der Waals surface area contributed by atoms with Crippen LogP contribution in [0.2, 0.25) is 0 Å². The van der Waals surface area contributed by atoms with E-state index in [1.54, 1.807) is 12.1 Å². The van der Waals surface area contributed by atoms with Crippen molar-refractivity contribution in [3.05, 3.63) is 33.9 Å². The first-order chi connectivity index (χ1) is 10.2. The number of nitrogens with zero attached hydrogens (tertiary/aromatic N) is 2. The number of non-ortho nitro benzene ring substituents is 1. The molecule has 0 aliphatic carbocycles.